The number of carboxylic acid groups (broad SMARTS) is 1. The zero-order valence-corrected chi connectivity index (χ0v) is 13.9. The number of carboxylic acids is 1. The maximum absolute atomic E-state index is 12.8. The van der Waals surface area contributed by atoms with Gasteiger partial charge >= 0.3 is 18.2 Å². The maximum Gasteiger partial charge on any atom is 0.394 e. The van der Waals surface area contributed by atoms with Crippen molar-refractivity contribution in [1.82, 2.24) is 10.2 Å². The van der Waals surface area contributed by atoms with E-state index >= 15 is 0 Å². The molecule has 1 rings (SSSR count). The number of nitrogens with one attached hydrogen (secondary N) is 1. The number of aliphatic carboxylic acids is 1. The summed E-state index contributed by atoms with van der Waals surface area (Å²) in [5, 5.41) is 11.5. The van der Waals surface area contributed by atoms with Crippen molar-refractivity contribution in [2.45, 2.75) is 31.9 Å². The lowest BCUT2D eigenvalue weighted by molar-refractivity contribution is -0.187. The lowest BCUT2D eigenvalue weighted by Gasteiger charge is -2.18. The van der Waals surface area contributed by atoms with Crippen molar-refractivity contribution in [2.24, 2.45) is 11.8 Å². The minimum Gasteiger partial charge on any atom is -0.481 e. The number of hydrogen-bond acceptors (Lipinski definition) is 3. The molecule has 5 nitrogen and oxygen atoms in total. The Balaban J connectivity index is 2.35. The molecule has 0 saturated carbocycles. The summed E-state index contributed by atoms with van der Waals surface area (Å²) >= 11 is 1.78. The van der Waals surface area contributed by atoms with Gasteiger partial charge in [-0.2, -0.15) is 24.9 Å². The molecule has 0 radical (unpaired) electrons. The molecule has 0 unspecified atom stereocenters. The van der Waals surface area contributed by atoms with Gasteiger partial charge in [0.15, 0.2) is 0 Å². The molecule has 2 N–H and O–H groups in total. The van der Waals surface area contributed by atoms with Gasteiger partial charge in [0.25, 0.3) is 0 Å². The highest BCUT2D eigenvalue weighted by Gasteiger charge is 2.53. The third-order valence-corrected chi connectivity index (χ3v) is 4.59. The molecule has 0 aromatic carbocycles. The van der Waals surface area contributed by atoms with Crippen LogP contribution in [0.25, 0.3) is 0 Å². The second-order valence-electron chi connectivity index (χ2n) is 5.64. The molecule has 2 atom stereocenters. The van der Waals surface area contributed by atoms with E-state index in [1.807, 2.05) is 6.26 Å². The Hall–Kier alpha value is -1.12. The predicted molar refractivity (Wildman–Crippen MR) is 82.5 cm³/mol. The molecule has 134 valence electrons. The average Bonchev–Trinajstić information content (AvgIpc) is 2.91. The first-order valence-electron chi connectivity index (χ1n) is 7.58. The molecule has 1 fully saturated rings. The van der Waals surface area contributed by atoms with E-state index in [9.17, 15) is 22.8 Å². The van der Waals surface area contributed by atoms with Crippen molar-refractivity contribution in [3.8, 4) is 0 Å². The highest BCUT2D eigenvalue weighted by Crippen LogP contribution is 2.37. The molecule has 1 heterocycles. The van der Waals surface area contributed by atoms with Crippen molar-refractivity contribution in [1.29, 1.82) is 0 Å². The van der Waals surface area contributed by atoms with E-state index in [0.29, 0.717) is 6.54 Å². The monoisotopic (exact) mass is 356 g/mol. The van der Waals surface area contributed by atoms with E-state index in [1.54, 1.807) is 11.8 Å². The highest BCUT2D eigenvalue weighted by molar-refractivity contribution is 7.98. The molecule has 23 heavy (non-hydrogen) atoms. The van der Waals surface area contributed by atoms with Gasteiger partial charge in [-0.15, -0.1) is 0 Å². The van der Waals surface area contributed by atoms with Gasteiger partial charge in [0.1, 0.15) is 0 Å². The first-order chi connectivity index (χ1) is 10.8. The predicted octanol–water partition coefficient (Wildman–Crippen LogP) is 2.81. The molecule has 0 aromatic rings. The zero-order chi connectivity index (χ0) is 17.5. The van der Waals surface area contributed by atoms with E-state index in [2.05, 4.69) is 5.32 Å². The van der Waals surface area contributed by atoms with E-state index in [1.165, 1.54) is 0 Å². The number of thioether (sulfide) groups is 1. The summed E-state index contributed by atoms with van der Waals surface area (Å²) in [6, 6.07) is -0.618. The minimum absolute atomic E-state index is 0.392. The number of urea groups is 1. The number of halogens is 3. The van der Waals surface area contributed by atoms with Crippen molar-refractivity contribution in [2.75, 3.05) is 31.6 Å². The van der Waals surface area contributed by atoms with Crippen molar-refractivity contribution in [3.05, 3.63) is 0 Å². The SMILES string of the molecule is CSCCCCCCNC(=O)N1C[C@@H](C(F)(F)F)[C@H](C(=O)O)C1. The number of hydrogen-bond donors (Lipinski definition) is 2. The quantitative estimate of drug-likeness (QED) is 0.656. The van der Waals surface area contributed by atoms with Crippen LogP contribution in [0.5, 0.6) is 0 Å². The van der Waals surface area contributed by atoms with Gasteiger partial charge in [0.05, 0.1) is 11.8 Å². The molecule has 1 aliphatic heterocycles. The van der Waals surface area contributed by atoms with Gasteiger partial charge in [0, 0.05) is 19.6 Å². The Morgan fingerprint density at radius 1 is 1.22 bits per heavy atom. The number of nitrogens with zero attached hydrogens (tertiary/aromatic N) is 1. The van der Waals surface area contributed by atoms with Crippen LogP contribution in [-0.2, 0) is 4.79 Å². The number of amides is 2. The van der Waals surface area contributed by atoms with Gasteiger partial charge in [-0.3, -0.25) is 4.79 Å². The molecular weight excluding hydrogens is 333 g/mol. The minimum atomic E-state index is -4.62. The van der Waals surface area contributed by atoms with Gasteiger partial charge in [-0.1, -0.05) is 12.8 Å². The molecule has 0 bridgehead atoms. The summed E-state index contributed by atoms with van der Waals surface area (Å²) in [6.45, 7) is -0.609. The largest absolute Gasteiger partial charge is 0.481 e. The summed E-state index contributed by atoms with van der Waals surface area (Å²) in [4.78, 5) is 23.8. The first-order valence-corrected chi connectivity index (χ1v) is 8.98. The molecule has 1 saturated heterocycles. The van der Waals surface area contributed by atoms with Crippen LogP contribution in [0, 0.1) is 11.8 Å². The fourth-order valence-electron chi connectivity index (χ4n) is 2.58. The molecular formula is C14H23F3N2O3S. The lowest BCUT2D eigenvalue weighted by Crippen LogP contribution is -2.40. The summed E-state index contributed by atoms with van der Waals surface area (Å²) in [5.41, 5.74) is 0. The smallest absolute Gasteiger partial charge is 0.394 e. The zero-order valence-electron chi connectivity index (χ0n) is 13.1. The fraction of sp³-hybridized carbons (Fsp3) is 0.857. The number of carbonyl (C=O) groups is 2. The second kappa shape index (κ2) is 9.24. The van der Waals surface area contributed by atoms with Crippen LogP contribution in [0.4, 0.5) is 18.0 Å². The Labute approximate surface area is 138 Å². The van der Waals surface area contributed by atoms with E-state index < -0.39 is 43.1 Å². The first kappa shape index (κ1) is 19.9. The van der Waals surface area contributed by atoms with E-state index in [-0.39, 0.29) is 0 Å². The summed E-state index contributed by atoms with van der Waals surface area (Å²) in [7, 11) is 0. The molecule has 1 aliphatic rings. The Kier molecular flexibility index (Phi) is 8.01. The van der Waals surface area contributed by atoms with Crippen molar-refractivity contribution >= 4 is 23.8 Å². The lowest BCUT2D eigenvalue weighted by atomic mass is 9.96. The van der Waals surface area contributed by atoms with Crippen LogP contribution in [-0.4, -0.2) is 59.8 Å². The van der Waals surface area contributed by atoms with Gasteiger partial charge in [0.2, 0.25) is 0 Å². The van der Waals surface area contributed by atoms with Crippen LogP contribution in [0.3, 0.4) is 0 Å². The van der Waals surface area contributed by atoms with Crippen LogP contribution < -0.4 is 5.32 Å². The van der Waals surface area contributed by atoms with Crippen LogP contribution >= 0.6 is 11.8 Å². The summed E-state index contributed by atoms with van der Waals surface area (Å²) in [6.07, 6.45) is 1.29. The number of rotatable bonds is 8. The van der Waals surface area contributed by atoms with Gasteiger partial charge in [-0.25, -0.2) is 4.79 Å². The van der Waals surface area contributed by atoms with Gasteiger partial charge in [-0.05, 0) is 24.9 Å². The fourth-order valence-corrected chi connectivity index (χ4v) is 3.08. The van der Waals surface area contributed by atoms with Crippen LogP contribution in [0.15, 0.2) is 0 Å². The molecule has 0 aromatic heterocycles. The Morgan fingerprint density at radius 3 is 2.39 bits per heavy atom. The average molecular weight is 356 g/mol. The maximum atomic E-state index is 12.8. The third kappa shape index (κ3) is 6.48. The number of likely N-dealkylation sites (tertiary alicyclic amines) is 1. The van der Waals surface area contributed by atoms with E-state index in [0.717, 1.165) is 36.3 Å². The Bertz CT molecular complexity index is 407. The summed E-state index contributed by atoms with van der Waals surface area (Å²) < 4.78 is 38.5. The summed E-state index contributed by atoms with van der Waals surface area (Å²) in [5.74, 6) is -4.02. The number of alkyl halides is 3. The third-order valence-electron chi connectivity index (χ3n) is 3.90. The van der Waals surface area contributed by atoms with Crippen molar-refractivity contribution < 1.29 is 27.9 Å². The molecule has 2 amide bonds. The van der Waals surface area contributed by atoms with Gasteiger partial charge < -0.3 is 15.3 Å². The van der Waals surface area contributed by atoms with Crippen LogP contribution in [0.2, 0.25) is 0 Å². The highest BCUT2D eigenvalue weighted by atomic mass is 32.2. The molecule has 0 aliphatic carbocycles. The standard InChI is InChI=1S/C14H23F3N2O3S/c1-23-7-5-3-2-4-6-18-13(22)19-8-10(12(20)21)11(9-19)14(15,16)17/h10-11H,2-9H2,1H3,(H,18,22)(H,20,21)/t10-,11-/m1/s1. The topological polar surface area (TPSA) is 69.6 Å². The second-order valence-corrected chi connectivity index (χ2v) is 6.62. The Morgan fingerprint density at radius 2 is 1.87 bits per heavy atom. The van der Waals surface area contributed by atoms with E-state index in [4.69, 9.17) is 5.11 Å². The normalized spacial score (nSPS) is 21.5. The number of unbranched alkanes of at least 4 members (excludes halogenated alkanes) is 3. The molecule has 9 heteroatoms. The van der Waals surface area contributed by atoms with Crippen molar-refractivity contribution in [3.63, 3.8) is 0 Å². The number of carbonyl (C=O) groups excluding carboxylic acids is 1. The van der Waals surface area contributed by atoms with Crippen LogP contribution in [0.1, 0.15) is 25.7 Å². The molecule has 0 spiro atoms.